The second-order valence-electron chi connectivity index (χ2n) is 4.52. The largest absolute Gasteiger partial charge is 0.302 e. The fourth-order valence-electron chi connectivity index (χ4n) is 2.46. The molecule has 0 amide bonds. The van der Waals surface area contributed by atoms with E-state index in [0.717, 1.165) is 6.29 Å². The van der Waals surface area contributed by atoms with Crippen molar-refractivity contribution in [2.75, 3.05) is 0 Å². The Morgan fingerprint density at radius 1 is 1.31 bits per heavy atom. The van der Waals surface area contributed by atoms with Crippen LogP contribution in [0.5, 0.6) is 0 Å². The number of nitrogens with one attached hydrogen (secondary N) is 1. The minimum Gasteiger partial charge on any atom is -0.302 e. The van der Waals surface area contributed by atoms with Crippen LogP contribution in [0.25, 0.3) is 0 Å². The topological polar surface area (TPSA) is 38.3 Å². The van der Waals surface area contributed by atoms with Crippen LogP contribution in [0.4, 0.5) is 0 Å². The molecule has 1 saturated heterocycles. The average Bonchev–Trinajstić information content (AvgIpc) is 2.64. The number of carbonyl (C=O) groups excluding carboxylic acids is 1. The number of hydroxylamine groups is 1. The standard InChI is InChI=1S/C13H17NO2/c1-8-4-9(2)13(10(3)5-8)12-6-11(7-15)14-16-12/h4-5,7,11-12,14H,6H2,1-3H3. The van der Waals surface area contributed by atoms with Gasteiger partial charge >= 0.3 is 0 Å². The van der Waals surface area contributed by atoms with Gasteiger partial charge in [0.1, 0.15) is 12.4 Å². The summed E-state index contributed by atoms with van der Waals surface area (Å²) in [4.78, 5) is 16.1. The van der Waals surface area contributed by atoms with Gasteiger partial charge in [0.2, 0.25) is 0 Å². The lowest BCUT2D eigenvalue weighted by molar-refractivity contribution is -0.110. The van der Waals surface area contributed by atoms with E-state index in [-0.39, 0.29) is 12.1 Å². The van der Waals surface area contributed by atoms with Gasteiger partial charge < -0.3 is 4.79 Å². The highest BCUT2D eigenvalue weighted by Gasteiger charge is 2.28. The zero-order valence-corrected chi connectivity index (χ0v) is 9.91. The Kier molecular flexibility index (Phi) is 3.08. The number of carbonyl (C=O) groups is 1. The molecule has 1 aromatic carbocycles. The molecule has 1 heterocycles. The molecule has 3 nitrogen and oxygen atoms in total. The van der Waals surface area contributed by atoms with Gasteiger partial charge in [-0.3, -0.25) is 4.84 Å². The molecule has 16 heavy (non-hydrogen) atoms. The van der Waals surface area contributed by atoms with Crippen LogP contribution in [0.15, 0.2) is 12.1 Å². The van der Waals surface area contributed by atoms with Crippen molar-refractivity contribution in [2.24, 2.45) is 0 Å². The van der Waals surface area contributed by atoms with E-state index in [0.29, 0.717) is 6.42 Å². The lowest BCUT2D eigenvalue weighted by atomic mass is 9.93. The van der Waals surface area contributed by atoms with Crippen LogP contribution >= 0.6 is 0 Å². The SMILES string of the molecule is Cc1cc(C)c(C2CC(C=O)NO2)c(C)c1. The quantitative estimate of drug-likeness (QED) is 0.774. The second-order valence-corrected chi connectivity index (χ2v) is 4.52. The highest BCUT2D eigenvalue weighted by Crippen LogP contribution is 2.31. The molecule has 1 fully saturated rings. The molecule has 0 aromatic heterocycles. The van der Waals surface area contributed by atoms with Crippen LogP contribution in [0.1, 0.15) is 34.8 Å². The molecular formula is C13H17NO2. The van der Waals surface area contributed by atoms with Crippen LogP contribution in [0, 0.1) is 20.8 Å². The summed E-state index contributed by atoms with van der Waals surface area (Å²) in [6.45, 7) is 6.27. The van der Waals surface area contributed by atoms with Crippen LogP contribution in [0.2, 0.25) is 0 Å². The van der Waals surface area contributed by atoms with Crippen molar-refractivity contribution in [3.8, 4) is 0 Å². The normalized spacial score (nSPS) is 24.7. The molecule has 0 spiro atoms. The van der Waals surface area contributed by atoms with Crippen molar-refractivity contribution in [3.05, 3.63) is 34.4 Å². The number of rotatable bonds is 2. The summed E-state index contributed by atoms with van der Waals surface area (Å²) in [7, 11) is 0. The molecule has 0 aliphatic carbocycles. The molecule has 1 N–H and O–H groups in total. The van der Waals surface area contributed by atoms with Crippen molar-refractivity contribution >= 4 is 6.29 Å². The van der Waals surface area contributed by atoms with Gasteiger partial charge in [-0.1, -0.05) is 17.7 Å². The molecule has 0 saturated carbocycles. The van der Waals surface area contributed by atoms with E-state index in [1.54, 1.807) is 0 Å². The monoisotopic (exact) mass is 219 g/mol. The van der Waals surface area contributed by atoms with Crippen molar-refractivity contribution in [1.82, 2.24) is 5.48 Å². The summed E-state index contributed by atoms with van der Waals surface area (Å²) in [6.07, 6.45) is 1.61. The number of aldehydes is 1. The van der Waals surface area contributed by atoms with Gasteiger partial charge in [-0.05, 0) is 37.5 Å². The van der Waals surface area contributed by atoms with Gasteiger partial charge in [-0.25, -0.2) is 0 Å². The Hall–Kier alpha value is -1.19. The third kappa shape index (κ3) is 2.01. The highest BCUT2D eigenvalue weighted by atomic mass is 16.7. The van der Waals surface area contributed by atoms with E-state index in [1.807, 2.05) is 0 Å². The van der Waals surface area contributed by atoms with E-state index in [1.165, 1.54) is 22.3 Å². The van der Waals surface area contributed by atoms with E-state index < -0.39 is 0 Å². The maximum Gasteiger partial charge on any atom is 0.139 e. The summed E-state index contributed by atoms with van der Waals surface area (Å²) >= 11 is 0. The number of benzene rings is 1. The minimum atomic E-state index is -0.176. The van der Waals surface area contributed by atoms with Crippen LogP contribution in [-0.2, 0) is 9.63 Å². The Morgan fingerprint density at radius 3 is 2.44 bits per heavy atom. The zero-order chi connectivity index (χ0) is 11.7. The van der Waals surface area contributed by atoms with Gasteiger partial charge in [0.15, 0.2) is 0 Å². The molecule has 3 heteroatoms. The van der Waals surface area contributed by atoms with E-state index >= 15 is 0 Å². The first kappa shape index (κ1) is 11.3. The first-order valence-electron chi connectivity index (χ1n) is 5.56. The molecule has 0 radical (unpaired) electrons. The molecule has 0 bridgehead atoms. The summed E-state index contributed by atoms with van der Waals surface area (Å²) in [5.41, 5.74) is 7.69. The molecule has 1 aliphatic rings. The molecule has 2 atom stereocenters. The van der Waals surface area contributed by atoms with Crippen molar-refractivity contribution in [3.63, 3.8) is 0 Å². The lowest BCUT2D eigenvalue weighted by Gasteiger charge is -2.15. The van der Waals surface area contributed by atoms with Gasteiger partial charge in [-0.2, -0.15) is 5.48 Å². The summed E-state index contributed by atoms with van der Waals surface area (Å²) in [6, 6.07) is 4.13. The maximum atomic E-state index is 10.7. The fourth-order valence-corrected chi connectivity index (χ4v) is 2.46. The predicted molar refractivity (Wildman–Crippen MR) is 62.1 cm³/mol. The third-order valence-electron chi connectivity index (χ3n) is 3.05. The van der Waals surface area contributed by atoms with Crippen molar-refractivity contribution in [1.29, 1.82) is 0 Å². The van der Waals surface area contributed by atoms with E-state index in [2.05, 4.69) is 38.4 Å². The third-order valence-corrected chi connectivity index (χ3v) is 3.05. The Labute approximate surface area is 95.8 Å². The highest BCUT2D eigenvalue weighted by molar-refractivity contribution is 5.58. The maximum absolute atomic E-state index is 10.7. The molecule has 2 unspecified atom stereocenters. The van der Waals surface area contributed by atoms with Gasteiger partial charge in [0.05, 0.1) is 6.04 Å². The Bertz CT molecular complexity index is 391. The van der Waals surface area contributed by atoms with Crippen LogP contribution in [0.3, 0.4) is 0 Å². The Balaban J connectivity index is 2.31. The van der Waals surface area contributed by atoms with Crippen LogP contribution < -0.4 is 5.48 Å². The first-order chi connectivity index (χ1) is 7.61. The second kappa shape index (κ2) is 4.36. The van der Waals surface area contributed by atoms with Crippen LogP contribution in [-0.4, -0.2) is 12.3 Å². The predicted octanol–water partition coefficient (Wildman–Crippen LogP) is 2.15. The zero-order valence-electron chi connectivity index (χ0n) is 9.91. The molecule has 86 valence electrons. The summed E-state index contributed by atoms with van der Waals surface area (Å²) in [5, 5.41) is 0. The molecule has 2 rings (SSSR count). The lowest BCUT2D eigenvalue weighted by Crippen LogP contribution is -2.20. The van der Waals surface area contributed by atoms with E-state index in [4.69, 9.17) is 4.84 Å². The Morgan fingerprint density at radius 2 is 1.94 bits per heavy atom. The van der Waals surface area contributed by atoms with Crippen molar-refractivity contribution < 1.29 is 9.63 Å². The molecular weight excluding hydrogens is 202 g/mol. The average molecular weight is 219 g/mol. The summed E-state index contributed by atoms with van der Waals surface area (Å²) in [5.74, 6) is 0. The molecule has 1 aliphatic heterocycles. The van der Waals surface area contributed by atoms with Crippen molar-refractivity contribution in [2.45, 2.75) is 39.3 Å². The van der Waals surface area contributed by atoms with Gasteiger partial charge in [0, 0.05) is 6.42 Å². The smallest absolute Gasteiger partial charge is 0.139 e. The number of hydrogen-bond donors (Lipinski definition) is 1. The fraction of sp³-hybridized carbons (Fsp3) is 0.462. The number of aryl methyl sites for hydroxylation is 3. The number of hydrogen-bond acceptors (Lipinski definition) is 3. The molecule has 1 aromatic rings. The minimum absolute atomic E-state index is 0.00389. The first-order valence-corrected chi connectivity index (χ1v) is 5.56. The van der Waals surface area contributed by atoms with Gasteiger partial charge in [0.25, 0.3) is 0 Å². The van der Waals surface area contributed by atoms with Gasteiger partial charge in [-0.15, -0.1) is 0 Å². The summed E-state index contributed by atoms with van der Waals surface area (Å²) < 4.78 is 0. The van der Waals surface area contributed by atoms with E-state index in [9.17, 15) is 4.79 Å².